The Morgan fingerprint density at radius 3 is 2.16 bits per heavy atom. The van der Waals surface area contributed by atoms with Crippen LogP contribution in [0.25, 0.3) is 0 Å². The van der Waals surface area contributed by atoms with Gasteiger partial charge in [0.25, 0.3) is 0 Å². The first-order valence-corrected chi connectivity index (χ1v) is 6.87. The number of rotatable bonds is 4. The predicted octanol–water partition coefficient (Wildman–Crippen LogP) is 5.32. The Labute approximate surface area is 123 Å². The molecule has 19 heavy (non-hydrogen) atoms. The van der Waals surface area contributed by atoms with Gasteiger partial charge in [-0.05, 0) is 48.4 Å². The second-order valence-corrected chi connectivity index (χ2v) is 5.12. The summed E-state index contributed by atoms with van der Waals surface area (Å²) in [5, 5.41) is 1.04. The number of ether oxygens (including phenoxy) is 1. The molecule has 0 fully saturated rings. The fraction of sp³-hybridized carbons (Fsp3) is 0.200. The average Bonchev–Trinajstić information content (AvgIpc) is 2.36. The number of aryl methyl sites for hydroxylation is 1. The zero-order valence-electron chi connectivity index (χ0n) is 10.6. The summed E-state index contributed by atoms with van der Waals surface area (Å²) >= 11 is 12.4. The lowest BCUT2D eigenvalue weighted by atomic mass is 10.1. The van der Waals surface area contributed by atoms with E-state index in [1.54, 1.807) is 24.3 Å². The van der Waals surface area contributed by atoms with E-state index in [1.807, 2.05) is 12.1 Å². The van der Waals surface area contributed by atoms with Crippen molar-refractivity contribution in [3.63, 3.8) is 0 Å². The fourth-order valence-corrected chi connectivity index (χ4v) is 2.41. The van der Waals surface area contributed by atoms with Gasteiger partial charge >= 0.3 is 0 Å². The molecule has 0 aliphatic heterocycles. The maximum absolute atomic E-state index is 6.22. The monoisotopic (exact) mass is 295 g/mol. The van der Waals surface area contributed by atoms with Crippen molar-refractivity contribution in [2.24, 2.45) is 0 Å². The van der Waals surface area contributed by atoms with Gasteiger partial charge in [-0.2, -0.15) is 0 Å². The van der Waals surface area contributed by atoms with Crippen molar-refractivity contribution in [1.82, 2.24) is 0 Å². The van der Waals surface area contributed by atoms with E-state index in [2.05, 4.69) is 6.92 Å². The number of hydrogen-bond acceptors (Lipinski definition) is 2. The molecule has 0 saturated carbocycles. The maximum Gasteiger partial charge on any atom is 0.164 e. The highest BCUT2D eigenvalue weighted by Crippen LogP contribution is 2.37. The maximum atomic E-state index is 6.22. The second-order valence-electron chi connectivity index (χ2n) is 4.31. The minimum absolute atomic E-state index is 0.480. The molecule has 2 nitrogen and oxygen atoms in total. The molecule has 0 aliphatic carbocycles. The topological polar surface area (TPSA) is 35.2 Å². The predicted molar refractivity (Wildman–Crippen MR) is 81.4 cm³/mol. The molecule has 0 amide bonds. The van der Waals surface area contributed by atoms with Crippen LogP contribution >= 0.6 is 23.2 Å². The zero-order chi connectivity index (χ0) is 13.8. The van der Waals surface area contributed by atoms with Gasteiger partial charge < -0.3 is 10.5 Å². The Balaban J connectivity index is 2.27. The minimum atomic E-state index is 0.480. The van der Waals surface area contributed by atoms with Crippen molar-refractivity contribution in [3.8, 4) is 11.5 Å². The molecule has 2 N–H and O–H groups in total. The highest BCUT2D eigenvalue weighted by atomic mass is 35.5. The van der Waals surface area contributed by atoms with E-state index < -0.39 is 0 Å². The van der Waals surface area contributed by atoms with E-state index in [0.29, 0.717) is 27.2 Å². The van der Waals surface area contributed by atoms with Gasteiger partial charge in [-0.15, -0.1) is 0 Å². The lowest BCUT2D eigenvalue weighted by molar-refractivity contribution is 0.483. The van der Waals surface area contributed by atoms with Crippen molar-refractivity contribution in [3.05, 3.63) is 52.0 Å². The molecular formula is C15H15Cl2NO. The summed E-state index contributed by atoms with van der Waals surface area (Å²) in [6, 6.07) is 10.9. The molecule has 0 atom stereocenters. The van der Waals surface area contributed by atoms with Crippen LogP contribution in [0.1, 0.15) is 18.9 Å². The summed E-state index contributed by atoms with van der Waals surface area (Å²) in [6.45, 7) is 2.11. The molecule has 2 aromatic rings. The number of nitrogen functional groups attached to an aromatic ring is 1. The van der Waals surface area contributed by atoms with Crippen molar-refractivity contribution in [2.45, 2.75) is 19.8 Å². The van der Waals surface area contributed by atoms with Crippen LogP contribution in [0, 0.1) is 0 Å². The van der Waals surface area contributed by atoms with Crippen LogP contribution in [0.5, 0.6) is 11.5 Å². The van der Waals surface area contributed by atoms with Gasteiger partial charge in [0.1, 0.15) is 5.75 Å². The van der Waals surface area contributed by atoms with Gasteiger partial charge in [0, 0.05) is 5.69 Å². The Bertz CT molecular complexity index is 544. The number of halogens is 2. The summed E-state index contributed by atoms with van der Waals surface area (Å²) in [5.74, 6) is 1.13. The Morgan fingerprint density at radius 1 is 1.05 bits per heavy atom. The van der Waals surface area contributed by atoms with Crippen LogP contribution in [0.15, 0.2) is 36.4 Å². The highest BCUT2D eigenvalue weighted by Gasteiger charge is 2.10. The summed E-state index contributed by atoms with van der Waals surface area (Å²) < 4.78 is 5.71. The number of benzene rings is 2. The van der Waals surface area contributed by atoms with Gasteiger partial charge in [0.15, 0.2) is 5.75 Å². The quantitative estimate of drug-likeness (QED) is 0.775. The van der Waals surface area contributed by atoms with E-state index >= 15 is 0 Å². The van der Waals surface area contributed by atoms with Crippen LogP contribution < -0.4 is 10.5 Å². The smallest absolute Gasteiger partial charge is 0.164 e. The fourth-order valence-electron chi connectivity index (χ4n) is 1.80. The largest absolute Gasteiger partial charge is 0.454 e. The molecule has 0 aliphatic rings. The molecule has 2 aromatic carbocycles. The van der Waals surface area contributed by atoms with E-state index in [0.717, 1.165) is 18.4 Å². The van der Waals surface area contributed by atoms with Gasteiger partial charge in [-0.25, -0.2) is 0 Å². The van der Waals surface area contributed by atoms with Gasteiger partial charge in [-0.3, -0.25) is 0 Å². The molecule has 0 aromatic heterocycles. The van der Waals surface area contributed by atoms with Crippen LogP contribution in [-0.2, 0) is 6.42 Å². The molecule has 0 bridgehead atoms. The lowest BCUT2D eigenvalue weighted by Crippen LogP contribution is -1.91. The molecule has 0 unspecified atom stereocenters. The summed E-state index contributed by atoms with van der Waals surface area (Å²) in [7, 11) is 0. The molecule has 0 heterocycles. The zero-order valence-corrected chi connectivity index (χ0v) is 12.1. The molecule has 4 heteroatoms. The van der Waals surface area contributed by atoms with E-state index in [-0.39, 0.29) is 0 Å². The van der Waals surface area contributed by atoms with E-state index in [1.165, 1.54) is 0 Å². The lowest BCUT2D eigenvalue weighted by Gasteiger charge is -2.11. The van der Waals surface area contributed by atoms with Crippen molar-refractivity contribution < 1.29 is 4.74 Å². The Hall–Kier alpha value is -1.38. The van der Waals surface area contributed by atoms with Crippen LogP contribution in [-0.4, -0.2) is 0 Å². The van der Waals surface area contributed by atoms with Gasteiger partial charge in [0.05, 0.1) is 10.0 Å². The summed E-state index contributed by atoms with van der Waals surface area (Å²) in [5.41, 5.74) is 7.42. The van der Waals surface area contributed by atoms with Crippen molar-refractivity contribution in [1.29, 1.82) is 0 Å². The van der Waals surface area contributed by atoms with Crippen molar-refractivity contribution >= 4 is 28.9 Å². The van der Waals surface area contributed by atoms with Crippen molar-refractivity contribution in [2.75, 3.05) is 5.73 Å². The SMILES string of the molecule is CCCc1cc(Cl)c(Oc2ccc(N)cc2)c(Cl)c1. The minimum Gasteiger partial charge on any atom is -0.454 e. The molecule has 0 spiro atoms. The third kappa shape index (κ3) is 3.55. The molecule has 100 valence electrons. The standard InChI is InChI=1S/C15H15Cl2NO/c1-2-3-10-8-13(16)15(14(17)9-10)19-12-6-4-11(18)5-7-12/h4-9H,2-3,18H2,1H3. The van der Waals surface area contributed by atoms with Gasteiger partial charge in [-0.1, -0.05) is 36.5 Å². The first kappa shape index (κ1) is 14.0. The highest BCUT2D eigenvalue weighted by molar-refractivity contribution is 6.37. The second kappa shape index (κ2) is 6.18. The Morgan fingerprint density at radius 2 is 1.63 bits per heavy atom. The third-order valence-electron chi connectivity index (χ3n) is 2.70. The van der Waals surface area contributed by atoms with E-state index in [9.17, 15) is 0 Å². The average molecular weight is 296 g/mol. The first-order chi connectivity index (χ1) is 9.10. The number of anilines is 1. The molecule has 2 rings (SSSR count). The van der Waals surface area contributed by atoms with Gasteiger partial charge in [0.2, 0.25) is 0 Å². The first-order valence-electron chi connectivity index (χ1n) is 6.11. The third-order valence-corrected chi connectivity index (χ3v) is 3.26. The summed E-state index contributed by atoms with van der Waals surface area (Å²) in [4.78, 5) is 0. The summed E-state index contributed by atoms with van der Waals surface area (Å²) in [6.07, 6.45) is 1.99. The number of nitrogens with two attached hydrogens (primary N) is 1. The molecule has 0 radical (unpaired) electrons. The molecular weight excluding hydrogens is 281 g/mol. The molecule has 0 saturated heterocycles. The van der Waals surface area contributed by atoms with E-state index in [4.69, 9.17) is 33.7 Å². The number of hydrogen-bond donors (Lipinski definition) is 1. The normalized spacial score (nSPS) is 10.5. The van der Waals surface area contributed by atoms with Crippen LogP contribution in [0.3, 0.4) is 0 Å². The van der Waals surface area contributed by atoms with Crippen LogP contribution in [0.4, 0.5) is 5.69 Å². The van der Waals surface area contributed by atoms with Crippen LogP contribution in [0.2, 0.25) is 10.0 Å². The Kier molecular flexibility index (Phi) is 4.56.